The van der Waals surface area contributed by atoms with Crippen LogP contribution in [-0.2, 0) is 17.8 Å². The molecule has 0 saturated heterocycles. The molecule has 0 fully saturated rings. The molecule has 3 heterocycles. The number of nitro benzene ring substituents is 1. The van der Waals surface area contributed by atoms with Gasteiger partial charge in [-0.1, -0.05) is 11.3 Å². The summed E-state index contributed by atoms with van der Waals surface area (Å²) in [5.74, 6) is -0.324. The van der Waals surface area contributed by atoms with Gasteiger partial charge in [0.25, 0.3) is 11.6 Å². The molecule has 1 aliphatic rings. The Morgan fingerprint density at radius 1 is 1.27 bits per heavy atom. The fourth-order valence-electron chi connectivity index (χ4n) is 2.98. The molecule has 0 atom stereocenters. The molecular formula is C20H16N4O5S. The number of nitro groups is 1. The molecular weight excluding hydrogens is 408 g/mol. The first-order chi connectivity index (χ1) is 14.5. The van der Waals surface area contributed by atoms with Gasteiger partial charge in [-0.25, -0.2) is 4.98 Å². The maximum Gasteiger partial charge on any atom is 0.293 e. The van der Waals surface area contributed by atoms with Crippen molar-refractivity contribution in [2.45, 2.75) is 13.0 Å². The Kier molecular flexibility index (Phi) is 5.40. The SMILES string of the molecule is O=C(Nc1nc2c(s1)CN(C(=O)/C=C/c1ccc([N+](=O)[O-])cc1)CC2)c1ccco1. The summed E-state index contributed by atoms with van der Waals surface area (Å²) in [7, 11) is 0. The van der Waals surface area contributed by atoms with E-state index in [1.807, 2.05) is 0 Å². The topological polar surface area (TPSA) is 119 Å². The molecule has 4 rings (SSSR count). The van der Waals surface area contributed by atoms with E-state index in [9.17, 15) is 19.7 Å². The number of carbonyl (C=O) groups excluding carboxylic acids is 2. The Labute approximate surface area is 174 Å². The molecule has 9 nitrogen and oxygen atoms in total. The van der Waals surface area contributed by atoms with Crippen molar-refractivity contribution in [3.05, 3.63) is 80.7 Å². The summed E-state index contributed by atoms with van der Waals surface area (Å²) in [6.45, 7) is 0.929. The summed E-state index contributed by atoms with van der Waals surface area (Å²) in [6, 6.07) is 9.18. The summed E-state index contributed by atoms with van der Waals surface area (Å²) in [4.78, 5) is 41.9. The second-order valence-electron chi connectivity index (χ2n) is 6.51. The average molecular weight is 424 g/mol. The number of furan rings is 1. The summed E-state index contributed by atoms with van der Waals surface area (Å²) >= 11 is 1.33. The third kappa shape index (κ3) is 4.28. The van der Waals surface area contributed by atoms with E-state index in [0.29, 0.717) is 30.2 Å². The zero-order chi connectivity index (χ0) is 21.1. The molecule has 0 bridgehead atoms. The zero-order valence-electron chi connectivity index (χ0n) is 15.6. The number of anilines is 1. The van der Waals surface area contributed by atoms with Crippen molar-refractivity contribution in [2.24, 2.45) is 0 Å². The van der Waals surface area contributed by atoms with Crippen molar-refractivity contribution >= 4 is 40.0 Å². The van der Waals surface area contributed by atoms with E-state index in [1.54, 1.807) is 35.2 Å². The second kappa shape index (κ2) is 8.29. The van der Waals surface area contributed by atoms with Crippen molar-refractivity contribution in [3.63, 3.8) is 0 Å². The van der Waals surface area contributed by atoms with E-state index >= 15 is 0 Å². The molecule has 1 aliphatic heterocycles. The van der Waals surface area contributed by atoms with Crippen molar-refractivity contribution in [1.82, 2.24) is 9.88 Å². The van der Waals surface area contributed by atoms with E-state index in [0.717, 1.165) is 10.6 Å². The normalized spacial score (nSPS) is 13.3. The highest BCUT2D eigenvalue weighted by Crippen LogP contribution is 2.29. The fraction of sp³-hybridized carbons (Fsp3) is 0.150. The number of nitrogens with one attached hydrogen (secondary N) is 1. The van der Waals surface area contributed by atoms with Gasteiger partial charge in [-0.05, 0) is 35.9 Å². The highest BCUT2D eigenvalue weighted by atomic mass is 32.1. The van der Waals surface area contributed by atoms with Gasteiger partial charge in [0.15, 0.2) is 10.9 Å². The van der Waals surface area contributed by atoms with Crippen LogP contribution in [0.3, 0.4) is 0 Å². The number of nitrogens with zero attached hydrogens (tertiary/aromatic N) is 3. The van der Waals surface area contributed by atoms with Crippen LogP contribution in [0, 0.1) is 10.1 Å². The third-order valence-corrected chi connectivity index (χ3v) is 5.53. The van der Waals surface area contributed by atoms with Crippen molar-refractivity contribution in [1.29, 1.82) is 0 Å². The van der Waals surface area contributed by atoms with Gasteiger partial charge in [-0.3, -0.25) is 25.0 Å². The van der Waals surface area contributed by atoms with Crippen molar-refractivity contribution in [3.8, 4) is 0 Å². The van der Waals surface area contributed by atoms with Gasteiger partial charge in [0.05, 0.1) is 23.4 Å². The van der Waals surface area contributed by atoms with E-state index in [1.165, 1.54) is 35.8 Å². The highest BCUT2D eigenvalue weighted by Gasteiger charge is 2.24. The minimum atomic E-state index is -0.468. The van der Waals surface area contributed by atoms with Crippen molar-refractivity contribution in [2.75, 3.05) is 11.9 Å². The number of aromatic nitrogens is 1. The lowest BCUT2D eigenvalue weighted by molar-refractivity contribution is -0.384. The Morgan fingerprint density at radius 3 is 2.77 bits per heavy atom. The first kappa shape index (κ1) is 19.5. The lowest BCUT2D eigenvalue weighted by Gasteiger charge is -2.24. The molecule has 1 N–H and O–H groups in total. The molecule has 3 aromatic rings. The number of benzene rings is 1. The van der Waals surface area contributed by atoms with Crippen LogP contribution in [0.4, 0.5) is 10.8 Å². The summed E-state index contributed by atoms with van der Waals surface area (Å²) in [6.07, 6.45) is 5.10. The minimum absolute atomic E-state index is 0.00201. The van der Waals surface area contributed by atoms with E-state index in [4.69, 9.17) is 4.42 Å². The molecule has 1 aromatic carbocycles. The lowest BCUT2D eigenvalue weighted by Crippen LogP contribution is -2.34. The molecule has 2 amide bonds. The van der Waals surface area contributed by atoms with Gasteiger partial charge in [0.1, 0.15) is 0 Å². The lowest BCUT2D eigenvalue weighted by atomic mass is 10.1. The van der Waals surface area contributed by atoms with Gasteiger partial charge >= 0.3 is 0 Å². The van der Waals surface area contributed by atoms with Crippen LogP contribution in [-0.4, -0.2) is 33.2 Å². The van der Waals surface area contributed by atoms with Gasteiger partial charge in [-0.15, -0.1) is 0 Å². The number of thiazole rings is 1. The standard InChI is InChI=1S/C20H16N4O5S/c25-18(8-5-13-3-6-14(7-4-13)24(27)28)23-10-9-15-17(12-23)30-20(21-15)22-19(26)16-2-1-11-29-16/h1-8,11H,9-10,12H2,(H,21,22,26)/b8-5+. The largest absolute Gasteiger partial charge is 0.459 e. The maximum absolute atomic E-state index is 12.5. The fourth-order valence-corrected chi connectivity index (χ4v) is 4.00. The highest BCUT2D eigenvalue weighted by molar-refractivity contribution is 7.15. The summed E-state index contributed by atoms with van der Waals surface area (Å²) in [5.41, 5.74) is 1.58. The number of amides is 2. The first-order valence-electron chi connectivity index (χ1n) is 9.04. The van der Waals surface area contributed by atoms with Crippen LogP contribution in [0.5, 0.6) is 0 Å². The molecule has 0 aliphatic carbocycles. The Morgan fingerprint density at radius 2 is 2.07 bits per heavy atom. The number of rotatable bonds is 5. The molecule has 152 valence electrons. The Bertz CT molecular complexity index is 1120. The minimum Gasteiger partial charge on any atom is -0.459 e. The molecule has 30 heavy (non-hydrogen) atoms. The molecule has 0 unspecified atom stereocenters. The summed E-state index contributed by atoms with van der Waals surface area (Å²) in [5, 5.41) is 13.9. The summed E-state index contributed by atoms with van der Waals surface area (Å²) < 4.78 is 5.07. The average Bonchev–Trinajstić information content (AvgIpc) is 3.41. The maximum atomic E-state index is 12.5. The van der Waals surface area contributed by atoms with Crippen LogP contribution in [0.25, 0.3) is 6.08 Å². The number of non-ortho nitro benzene ring substituents is 1. The smallest absolute Gasteiger partial charge is 0.293 e. The third-order valence-electron chi connectivity index (χ3n) is 4.53. The van der Waals surface area contributed by atoms with E-state index < -0.39 is 4.92 Å². The van der Waals surface area contributed by atoms with E-state index in [2.05, 4.69) is 10.3 Å². The van der Waals surface area contributed by atoms with Gasteiger partial charge in [0, 0.05) is 36.1 Å². The van der Waals surface area contributed by atoms with Gasteiger partial charge < -0.3 is 9.32 Å². The number of fused-ring (bicyclic) bond motifs is 1. The van der Waals surface area contributed by atoms with Crippen LogP contribution in [0.1, 0.15) is 26.7 Å². The van der Waals surface area contributed by atoms with Gasteiger partial charge in [-0.2, -0.15) is 0 Å². The molecule has 0 saturated carbocycles. The zero-order valence-corrected chi connectivity index (χ0v) is 16.4. The second-order valence-corrected chi connectivity index (χ2v) is 7.60. The molecule has 0 spiro atoms. The number of hydrogen-bond acceptors (Lipinski definition) is 7. The van der Waals surface area contributed by atoms with Crippen molar-refractivity contribution < 1.29 is 18.9 Å². The predicted molar refractivity (Wildman–Crippen MR) is 110 cm³/mol. The van der Waals surface area contributed by atoms with E-state index in [-0.39, 0.29) is 23.3 Å². The molecule has 0 radical (unpaired) electrons. The van der Waals surface area contributed by atoms with Crippen LogP contribution in [0.15, 0.2) is 53.2 Å². The predicted octanol–water partition coefficient (Wildman–Crippen LogP) is 3.49. The number of carbonyl (C=O) groups is 2. The van der Waals surface area contributed by atoms with Crippen LogP contribution >= 0.6 is 11.3 Å². The van der Waals surface area contributed by atoms with Gasteiger partial charge in [0.2, 0.25) is 5.91 Å². The quantitative estimate of drug-likeness (QED) is 0.380. The van der Waals surface area contributed by atoms with Crippen LogP contribution in [0.2, 0.25) is 0 Å². The molecule has 2 aromatic heterocycles. The first-order valence-corrected chi connectivity index (χ1v) is 9.86. The number of hydrogen-bond donors (Lipinski definition) is 1. The Balaban J connectivity index is 1.38. The van der Waals surface area contributed by atoms with Crippen LogP contribution < -0.4 is 5.32 Å². The molecule has 10 heteroatoms. The Hall–Kier alpha value is -3.79. The monoisotopic (exact) mass is 424 g/mol.